The van der Waals surface area contributed by atoms with Crippen LogP contribution in [-0.4, -0.2) is 26.6 Å². The third kappa shape index (κ3) is 3.96. The van der Waals surface area contributed by atoms with Crippen LogP contribution in [0.4, 0.5) is 5.82 Å². The molecule has 0 bridgehead atoms. The first-order valence-corrected chi connectivity index (χ1v) is 8.84. The van der Waals surface area contributed by atoms with E-state index < -0.39 is 6.10 Å². The molecule has 7 heteroatoms. The third-order valence-electron chi connectivity index (χ3n) is 4.12. The molecule has 2 aromatic heterocycles. The highest BCUT2D eigenvalue weighted by atomic mass is 35.5. The number of aliphatic hydroxyl groups excluding tert-OH is 1. The molecule has 0 aliphatic heterocycles. The highest BCUT2D eigenvalue weighted by Crippen LogP contribution is 2.30. The Bertz CT molecular complexity index is 899. The van der Waals surface area contributed by atoms with Gasteiger partial charge in [0.1, 0.15) is 5.82 Å². The zero-order chi connectivity index (χ0) is 18.7. The first-order valence-electron chi connectivity index (χ1n) is 8.09. The topological polar surface area (TPSA) is 70.9 Å². The highest BCUT2D eigenvalue weighted by Gasteiger charge is 2.17. The van der Waals surface area contributed by atoms with Crippen LogP contribution < -0.4 is 5.32 Å². The van der Waals surface area contributed by atoms with E-state index in [4.69, 9.17) is 23.2 Å². The van der Waals surface area contributed by atoms with Crippen molar-refractivity contribution >= 4 is 29.0 Å². The lowest BCUT2D eigenvalue weighted by molar-refractivity contribution is 0.191. The van der Waals surface area contributed by atoms with Gasteiger partial charge >= 0.3 is 0 Å². The minimum atomic E-state index is -0.866. The lowest BCUT2D eigenvalue weighted by Gasteiger charge is -2.17. The summed E-state index contributed by atoms with van der Waals surface area (Å²) in [5, 5.41) is 14.6. The summed E-state index contributed by atoms with van der Waals surface area (Å²) in [4.78, 5) is 13.1. The van der Waals surface area contributed by atoms with Gasteiger partial charge in [0.15, 0.2) is 5.82 Å². The number of rotatable bonds is 5. The van der Waals surface area contributed by atoms with E-state index in [9.17, 15) is 5.11 Å². The molecule has 2 N–H and O–H groups in total. The number of nitrogens with one attached hydrogen (secondary N) is 1. The molecule has 1 atom stereocenters. The zero-order valence-corrected chi connectivity index (χ0v) is 15.9. The fourth-order valence-corrected chi connectivity index (χ4v) is 3.20. The van der Waals surface area contributed by atoms with Crippen molar-refractivity contribution < 1.29 is 5.11 Å². The molecular formula is C19H18Cl2N4O. The number of hydrogen-bond acceptors (Lipinski definition) is 5. The smallest absolute Gasteiger partial charge is 0.161 e. The molecule has 5 nitrogen and oxygen atoms in total. The molecule has 3 rings (SSSR count). The second-order valence-electron chi connectivity index (χ2n) is 5.87. The largest absolute Gasteiger partial charge is 0.386 e. The van der Waals surface area contributed by atoms with E-state index in [0.717, 1.165) is 16.8 Å². The third-order valence-corrected chi connectivity index (χ3v) is 4.78. The molecule has 134 valence electrons. The number of anilines is 1. The first kappa shape index (κ1) is 18.6. The number of benzene rings is 1. The van der Waals surface area contributed by atoms with Crippen molar-refractivity contribution in [3.8, 4) is 11.4 Å². The Labute approximate surface area is 162 Å². The van der Waals surface area contributed by atoms with E-state index in [1.165, 1.54) is 0 Å². The van der Waals surface area contributed by atoms with Crippen LogP contribution in [0.15, 0.2) is 42.7 Å². The van der Waals surface area contributed by atoms with Crippen LogP contribution in [0.5, 0.6) is 0 Å². The lowest BCUT2D eigenvalue weighted by Crippen LogP contribution is -2.15. The molecule has 0 aliphatic rings. The van der Waals surface area contributed by atoms with Gasteiger partial charge in [-0.2, -0.15) is 0 Å². The average molecular weight is 389 g/mol. The summed E-state index contributed by atoms with van der Waals surface area (Å²) in [5.74, 6) is 1.26. The van der Waals surface area contributed by atoms with Gasteiger partial charge < -0.3 is 10.4 Å². The van der Waals surface area contributed by atoms with E-state index in [0.29, 0.717) is 27.3 Å². The normalized spacial score (nSPS) is 12.0. The summed E-state index contributed by atoms with van der Waals surface area (Å²) in [6, 6.07) is 8.85. The minimum Gasteiger partial charge on any atom is -0.386 e. The van der Waals surface area contributed by atoms with Gasteiger partial charge in [0.05, 0.1) is 6.10 Å². The van der Waals surface area contributed by atoms with Gasteiger partial charge in [-0.05, 0) is 38.1 Å². The van der Waals surface area contributed by atoms with Crippen molar-refractivity contribution in [1.82, 2.24) is 15.0 Å². The first-order chi connectivity index (χ1) is 12.5. The van der Waals surface area contributed by atoms with Crippen LogP contribution in [0.25, 0.3) is 11.4 Å². The Balaban J connectivity index is 1.85. The number of pyridine rings is 1. The van der Waals surface area contributed by atoms with E-state index in [1.54, 1.807) is 30.6 Å². The Kier molecular flexibility index (Phi) is 5.71. The van der Waals surface area contributed by atoms with Crippen LogP contribution >= 0.6 is 23.2 Å². The number of aromatic nitrogens is 3. The quantitative estimate of drug-likeness (QED) is 0.667. The highest BCUT2D eigenvalue weighted by molar-refractivity contribution is 6.36. The Morgan fingerprint density at radius 3 is 2.35 bits per heavy atom. The van der Waals surface area contributed by atoms with Gasteiger partial charge in [-0.15, -0.1) is 0 Å². The second kappa shape index (κ2) is 7.99. The summed E-state index contributed by atoms with van der Waals surface area (Å²) in [7, 11) is 0. The number of aryl methyl sites for hydroxylation is 1. The molecule has 2 heterocycles. The zero-order valence-electron chi connectivity index (χ0n) is 14.4. The predicted molar refractivity (Wildman–Crippen MR) is 105 cm³/mol. The van der Waals surface area contributed by atoms with Crippen molar-refractivity contribution in [3.63, 3.8) is 0 Å². The maximum absolute atomic E-state index is 10.5. The molecule has 26 heavy (non-hydrogen) atoms. The summed E-state index contributed by atoms with van der Waals surface area (Å²) in [6.07, 6.45) is 2.53. The Morgan fingerprint density at radius 2 is 1.69 bits per heavy atom. The molecule has 0 aliphatic carbocycles. The minimum absolute atomic E-state index is 0.219. The van der Waals surface area contributed by atoms with Crippen molar-refractivity contribution in [2.24, 2.45) is 0 Å². The van der Waals surface area contributed by atoms with E-state index in [2.05, 4.69) is 20.3 Å². The van der Waals surface area contributed by atoms with Crippen LogP contribution in [0.3, 0.4) is 0 Å². The molecule has 0 radical (unpaired) electrons. The Hall–Kier alpha value is -2.21. The molecule has 3 aromatic rings. The van der Waals surface area contributed by atoms with Gasteiger partial charge in [-0.3, -0.25) is 4.98 Å². The maximum Gasteiger partial charge on any atom is 0.161 e. The fraction of sp³-hybridized carbons (Fsp3) is 0.211. The van der Waals surface area contributed by atoms with Crippen LogP contribution in [0.2, 0.25) is 10.0 Å². The van der Waals surface area contributed by atoms with Crippen LogP contribution in [-0.2, 0) is 0 Å². The van der Waals surface area contributed by atoms with Crippen molar-refractivity contribution in [3.05, 3.63) is 69.6 Å². The van der Waals surface area contributed by atoms with Gasteiger partial charge in [-0.25, -0.2) is 9.97 Å². The summed E-state index contributed by atoms with van der Waals surface area (Å²) in [5.41, 5.74) is 3.15. The Morgan fingerprint density at radius 1 is 1.04 bits per heavy atom. The summed E-state index contributed by atoms with van der Waals surface area (Å²) < 4.78 is 0. The molecule has 0 spiro atoms. The van der Waals surface area contributed by atoms with Crippen molar-refractivity contribution in [1.29, 1.82) is 0 Å². The fourth-order valence-electron chi connectivity index (χ4n) is 2.56. The number of nitrogens with zero attached hydrogens (tertiary/aromatic N) is 3. The molecule has 0 amide bonds. The monoisotopic (exact) mass is 388 g/mol. The second-order valence-corrected chi connectivity index (χ2v) is 6.69. The number of halogens is 2. The SMILES string of the molecule is Cc1nc(-c2ccncc2)nc(NCC(O)c2c(Cl)cccc2Cl)c1C. The van der Waals surface area contributed by atoms with Gasteiger partial charge in [0.2, 0.25) is 0 Å². The van der Waals surface area contributed by atoms with Crippen LogP contribution in [0, 0.1) is 13.8 Å². The molecule has 0 saturated heterocycles. The molecular weight excluding hydrogens is 371 g/mol. The molecule has 0 fully saturated rings. The van der Waals surface area contributed by atoms with E-state index in [1.807, 2.05) is 26.0 Å². The number of aliphatic hydroxyl groups is 1. The maximum atomic E-state index is 10.5. The van der Waals surface area contributed by atoms with Crippen molar-refractivity contribution in [2.75, 3.05) is 11.9 Å². The van der Waals surface area contributed by atoms with Gasteiger partial charge in [0, 0.05) is 51.4 Å². The summed E-state index contributed by atoms with van der Waals surface area (Å²) in [6.45, 7) is 4.08. The van der Waals surface area contributed by atoms with Gasteiger partial charge in [-0.1, -0.05) is 29.3 Å². The average Bonchev–Trinajstić information content (AvgIpc) is 2.63. The molecule has 0 saturated carbocycles. The lowest BCUT2D eigenvalue weighted by atomic mass is 10.1. The van der Waals surface area contributed by atoms with Crippen LogP contribution in [0.1, 0.15) is 22.9 Å². The number of hydrogen-bond donors (Lipinski definition) is 2. The molecule has 1 aromatic carbocycles. The van der Waals surface area contributed by atoms with Crippen molar-refractivity contribution in [2.45, 2.75) is 20.0 Å². The van der Waals surface area contributed by atoms with Gasteiger partial charge in [0.25, 0.3) is 0 Å². The molecule has 1 unspecified atom stereocenters. The standard InChI is InChI=1S/C19H18Cl2N4O/c1-11-12(2)24-19(13-6-8-22-9-7-13)25-18(11)23-10-16(26)17-14(20)4-3-5-15(17)21/h3-9,16,26H,10H2,1-2H3,(H,23,24,25). The van der Waals surface area contributed by atoms with E-state index in [-0.39, 0.29) is 6.54 Å². The summed E-state index contributed by atoms with van der Waals surface area (Å²) >= 11 is 12.3. The predicted octanol–water partition coefficient (Wildman–Crippen LogP) is 4.61. The van der Waals surface area contributed by atoms with E-state index >= 15 is 0 Å².